The highest BCUT2D eigenvalue weighted by atomic mass is 16.5. The van der Waals surface area contributed by atoms with Gasteiger partial charge in [0.25, 0.3) is 0 Å². The monoisotopic (exact) mass is 340 g/mol. The summed E-state index contributed by atoms with van der Waals surface area (Å²) < 4.78 is 6.79. The van der Waals surface area contributed by atoms with Gasteiger partial charge in [0, 0.05) is 0 Å². The fraction of sp³-hybridized carbons (Fsp3) is 0.455. The van der Waals surface area contributed by atoms with Crippen molar-refractivity contribution in [2.24, 2.45) is 0 Å². The predicted octanol–water partition coefficient (Wildman–Crippen LogP) is 4.11. The van der Waals surface area contributed by atoms with Crippen molar-refractivity contribution in [3.8, 4) is 16.9 Å². The molecule has 3 rings (SSSR count). The molecule has 0 bridgehead atoms. The fourth-order valence-electron chi connectivity index (χ4n) is 3.76. The zero-order valence-electron chi connectivity index (χ0n) is 15.2. The van der Waals surface area contributed by atoms with Crippen LogP contribution in [0.1, 0.15) is 25.7 Å². The summed E-state index contributed by atoms with van der Waals surface area (Å²) >= 11 is 0. The lowest BCUT2D eigenvalue weighted by Gasteiger charge is -2.35. The molecule has 1 fully saturated rings. The first-order valence-electron chi connectivity index (χ1n) is 9.45. The summed E-state index contributed by atoms with van der Waals surface area (Å²) in [5, 5.41) is 10.4. The van der Waals surface area contributed by atoms with Gasteiger partial charge in [0.2, 0.25) is 0 Å². The largest absolute Gasteiger partial charge is 0.491 e. The summed E-state index contributed by atoms with van der Waals surface area (Å²) in [6.45, 7) is 3.48. The molecule has 1 N–H and O–H groups in total. The highest BCUT2D eigenvalue weighted by Gasteiger charge is 2.26. The summed E-state index contributed by atoms with van der Waals surface area (Å²) in [5.41, 5.74) is 2.38. The Bertz CT molecular complexity index is 631. The van der Waals surface area contributed by atoms with Gasteiger partial charge in [-0.05, 0) is 48.9 Å². The van der Waals surface area contributed by atoms with Gasteiger partial charge in [0.1, 0.15) is 25.0 Å². The SMILES string of the molecule is C[N+]1(C[C@H](O)COc2ccc(-c3ccccc3)cc2)CCCCCC1. The van der Waals surface area contributed by atoms with Crippen LogP contribution in [0.15, 0.2) is 54.6 Å². The molecule has 0 radical (unpaired) electrons. The minimum absolute atomic E-state index is 0.360. The van der Waals surface area contributed by atoms with Crippen molar-refractivity contribution in [2.75, 3.05) is 33.3 Å². The van der Waals surface area contributed by atoms with E-state index in [1.807, 2.05) is 30.3 Å². The summed E-state index contributed by atoms with van der Waals surface area (Å²) in [6.07, 6.45) is 4.77. The lowest BCUT2D eigenvalue weighted by molar-refractivity contribution is -0.911. The minimum atomic E-state index is -0.420. The molecule has 0 unspecified atom stereocenters. The van der Waals surface area contributed by atoms with Crippen molar-refractivity contribution in [1.29, 1.82) is 0 Å². The molecule has 3 heteroatoms. The Balaban J connectivity index is 1.51. The maximum atomic E-state index is 10.4. The van der Waals surface area contributed by atoms with Crippen LogP contribution in [0, 0.1) is 0 Å². The molecule has 0 aliphatic carbocycles. The van der Waals surface area contributed by atoms with E-state index in [-0.39, 0.29) is 0 Å². The quantitative estimate of drug-likeness (QED) is 0.802. The Kier molecular flexibility index (Phi) is 6.11. The third kappa shape index (κ3) is 5.32. The minimum Gasteiger partial charge on any atom is -0.491 e. The number of hydrogen-bond donors (Lipinski definition) is 1. The topological polar surface area (TPSA) is 29.5 Å². The maximum Gasteiger partial charge on any atom is 0.137 e. The number of quaternary nitrogens is 1. The number of rotatable bonds is 6. The van der Waals surface area contributed by atoms with Crippen LogP contribution in [0.4, 0.5) is 0 Å². The van der Waals surface area contributed by atoms with Crippen LogP contribution in [-0.4, -0.2) is 49.0 Å². The number of hydrogen-bond acceptors (Lipinski definition) is 2. The average molecular weight is 340 g/mol. The smallest absolute Gasteiger partial charge is 0.137 e. The molecule has 1 aliphatic heterocycles. The van der Waals surface area contributed by atoms with Gasteiger partial charge >= 0.3 is 0 Å². The van der Waals surface area contributed by atoms with Gasteiger partial charge in [0.05, 0.1) is 20.1 Å². The number of aliphatic hydroxyl groups is 1. The van der Waals surface area contributed by atoms with Crippen LogP contribution in [0.3, 0.4) is 0 Å². The Labute approximate surface area is 151 Å². The first-order valence-corrected chi connectivity index (χ1v) is 9.45. The maximum absolute atomic E-state index is 10.4. The van der Waals surface area contributed by atoms with E-state index in [2.05, 4.69) is 31.3 Å². The van der Waals surface area contributed by atoms with E-state index in [1.54, 1.807) is 0 Å². The third-order valence-electron chi connectivity index (χ3n) is 5.20. The second-order valence-electron chi connectivity index (χ2n) is 7.52. The summed E-state index contributed by atoms with van der Waals surface area (Å²) in [7, 11) is 2.27. The Hall–Kier alpha value is -1.84. The Morgan fingerprint density at radius 3 is 2.12 bits per heavy atom. The number of likely N-dealkylation sites (N-methyl/N-ethyl adjacent to an activating group) is 1. The van der Waals surface area contributed by atoms with Crippen molar-refractivity contribution in [2.45, 2.75) is 31.8 Å². The molecule has 134 valence electrons. The number of aliphatic hydroxyl groups excluding tert-OH is 1. The van der Waals surface area contributed by atoms with E-state index in [0.717, 1.165) is 16.8 Å². The van der Waals surface area contributed by atoms with Gasteiger partial charge in [0.15, 0.2) is 0 Å². The number of benzene rings is 2. The van der Waals surface area contributed by atoms with Crippen molar-refractivity contribution < 1.29 is 14.3 Å². The van der Waals surface area contributed by atoms with E-state index in [0.29, 0.717) is 6.61 Å². The standard InChI is InChI=1S/C22H30NO2/c1-23(15-7-2-3-8-16-23)17-21(24)18-25-22-13-11-20(12-14-22)19-9-5-4-6-10-19/h4-6,9-14,21,24H,2-3,7-8,15-18H2,1H3/q+1/t21-/m0/s1. The zero-order valence-corrected chi connectivity index (χ0v) is 15.2. The Morgan fingerprint density at radius 1 is 0.880 bits per heavy atom. The van der Waals surface area contributed by atoms with E-state index in [4.69, 9.17) is 4.74 Å². The summed E-state index contributed by atoms with van der Waals surface area (Å²) in [5.74, 6) is 0.817. The van der Waals surface area contributed by atoms with Gasteiger partial charge < -0.3 is 14.3 Å². The first kappa shape index (κ1) is 18.0. The van der Waals surface area contributed by atoms with Crippen LogP contribution in [0.2, 0.25) is 0 Å². The molecule has 0 saturated carbocycles. The molecule has 0 aromatic heterocycles. The van der Waals surface area contributed by atoms with Crippen LogP contribution in [0.5, 0.6) is 5.75 Å². The number of likely N-dealkylation sites (tertiary alicyclic amines) is 1. The molecule has 0 amide bonds. The molecule has 2 aromatic carbocycles. The second-order valence-corrected chi connectivity index (χ2v) is 7.52. The second kappa shape index (κ2) is 8.50. The normalized spacial score (nSPS) is 18.3. The molecule has 2 aromatic rings. The van der Waals surface area contributed by atoms with Crippen LogP contribution < -0.4 is 4.74 Å². The van der Waals surface area contributed by atoms with Gasteiger partial charge in [-0.2, -0.15) is 0 Å². The van der Waals surface area contributed by atoms with Crippen LogP contribution >= 0.6 is 0 Å². The van der Waals surface area contributed by atoms with Crippen LogP contribution in [-0.2, 0) is 0 Å². The van der Waals surface area contributed by atoms with Crippen LogP contribution in [0.25, 0.3) is 11.1 Å². The highest BCUT2D eigenvalue weighted by Crippen LogP contribution is 2.22. The number of nitrogens with zero attached hydrogens (tertiary/aromatic N) is 1. The number of ether oxygens (including phenoxy) is 1. The summed E-state index contributed by atoms with van der Waals surface area (Å²) in [4.78, 5) is 0. The van der Waals surface area contributed by atoms with E-state index in [9.17, 15) is 5.11 Å². The van der Waals surface area contributed by atoms with E-state index >= 15 is 0 Å². The van der Waals surface area contributed by atoms with Gasteiger partial charge in [-0.3, -0.25) is 0 Å². The molecular weight excluding hydrogens is 310 g/mol. The van der Waals surface area contributed by atoms with Crippen molar-refractivity contribution in [3.63, 3.8) is 0 Å². The fourth-order valence-corrected chi connectivity index (χ4v) is 3.76. The average Bonchev–Trinajstić information content (AvgIpc) is 2.85. The van der Waals surface area contributed by atoms with E-state index < -0.39 is 6.10 Å². The van der Waals surface area contributed by atoms with Gasteiger partial charge in [-0.1, -0.05) is 42.5 Å². The molecule has 25 heavy (non-hydrogen) atoms. The van der Waals surface area contributed by atoms with Gasteiger partial charge in [-0.15, -0.1) is 0 Å². The van der Waals surface area contributed by atoms with Crippen molar-refractivity contribution >= 4 is 0 Å². The van der Waals surface area contributed by atoms with Gasteiger partial charge in [-0.25, -0.2) is 0 Å². The van der Waals surface area contributed by atoms with Crippen molar-refractivity contribution in [3.05, 3.63) is 54.6 Å². The summed E-state index contributed by atoms with van der Waals surface area (Å²) in [6, 6.07) is 18.4. The lowest BCUT2D eigenvalue weighted by atomic mass is 10.1. The first-order chi connectivity index (χ1) is 12.1. The third-order valence-corrected chi connectivity index (χ3v) is 5.20. The highest BCUT2D eigenvalue weighted by molar-refractivity contribution is 5.63. The Morgan fingerprint density at radius 2 is 1.48 bits per heavy atom. The predicted molar refractivity (Wildman–Crippen MR) is 103 cm³/mol. The zero-order chi connectivity index (χ0) is 17.5. The molecule has 1 heterocycles. The van der Waals surface area contributed by atoms with E-state index in [1.165, 1.54) is 49.9 Å². The molecule has 1 atom stereocenters. The van der Waals surface area contributed by atoms with Crippen molar-refractivity contribution in [1.82, 2.24) is 0 Å². The lowest BCUT2D eigenvalue weighted by Crippen LogP contribution is -2.50. The molecular formula is C22H30NO2+. The molecule has 0 spiro atoms. The molecule has 1 aliphatic rings. The molecule has 1 saturated heterocycles. The molecule has 3 nitrogen and oxygen atoms in total.